The van der Waals surface area contributed by atoms with Crippen molar-refractivity contribution >= 4 is 46.9 Å². The second-order valence-electron chi connectivity index (χ2n) is 9.32. The molecule has 43 heavy (non-hydrogen) atoms. The van der Waals surface area contributed by atoms with E-state index in [4.69, 9.17) is 9.47 Å². The summed E-state index contributed by atoms with van der Waals surface area (Å²) in [5, 5.41) is 8.10. The van der Waals surface area contributed by atoms with Gasteiger partial charge in [0.25, 0.3) is 11.8 Å². The molecule has 220 valence electrons. The lowest BCUT2D eigenvalue weighted by atomic mass is 10.1. The van der Waals surface area contributed by atoms with Crippen LogP contribution in [0.1, 0.15) is 29.8 Å². The minimum Gasteiger partial charge on any atom is -0.497 e. The van der Waals surface area contributed by atoms with E-state index in [1.54, 1.807) is 86.0 Å². The van der Waals surface area contributed by atoms with Crippen molar-refractivity contribution in [3.63, 3.8) is 0 Å². The van der Waals surface area contributed by atoms with Gasteiger partial charge in [-0.05, 0) is 80.1 Å². The summed E-state index contributed by atoms with van der Waals surface area (Å²) in [6.07, 6.45) is 1.59. The van der Waals surface area contributed by atoms with E-state index in [9.17, 15) is 14.4 Å². The summed E-state index contributed by atoms with van der Waals surface area (Å²) in [5.74, 6) is 0.121. The average Bonchev–Trinajstić information content (AvgIpc) is 3.02. The minimum atomic E-state index is -0.507. The number of anilines is 2. The highest BCUT2D eigenvalue weighted by Crippen LogP contribution is 2.29. The number of carbonyl (C=O) groups is 3. The van der Waals surface area contributed by atoms with E-state index in [0.717, 1.165) is 4.90 Å². The molecule has 0 radical (unpaired) electrons. The number of nitrogens with one attached hydrogen (secondary N) is 3. The lowest BCUT2D eigenvalue weighted by Gasteiger charge is -2.15. The summed E-state index contributed by atoms with van der Waals surface area (Å²) in [4.78, 5) is 40.1. The highest BCUT2D eigenvalue weighted by Gasteiger charge is 2.18. The first-order valence-electron chi connectivity index (χ1n) is 13.7. The first-order chi connectivity index (χ1) is 20.9. The van der Waals surface area contributed by atoms with Crippen LogP contribution in [0.25, 0.3) is 6.08 Å². The number of benzene rings is 4. The van der Waals surface area contributed by atoms with Crippen LogP contribution in [0.5, 0.6) is 11.5 Å². The first kappa shape index (κ1) is 30.9. The van der Waals surface area contributed by atoms with E-state index in [0.29, 0.717) is 40.6 Å². The van der Waals surface area contributed by atoms with Gasteiger partial charge in [-0.2, -0.15) is 0 Å². The molecule has 4 aromatic carbocycles. The molecular formula is C34H33N3O5S. The second kappa shape index (κ2) is 15.3. The van der Waals surface area contributed by atoms with Crippen LogP contribution >= 0.6 is 11.8 Å². The highest BCUT2D eigenvalue weighted by atomic mass is 32.2. The van der Waals surface area contributed by atoms with Gasteiger partial charge in [0, 0.05) is 16.1 Å². The van der Waals surface area contributed by atoms with Gasteiger partial charge in [-0.15, -0.1) is 11.8 Å². The summed E-state index contributed by atoms with van der Waals surface area (Å²) in [6.45, 7) is 4.18. The SMILES string of the molecule is CCOc1ccccc1NC(=O)C(C)Sc1cccc(NC(=O)/C(=C/c2cccc(OC)c2)NC(=O)c2ccccc2)c1. The minimum absolute atomic E-state index is 0.0564. The second-order valence-corrected chi connectivity index (χ2v) is 10.7. The molecule has 4 rings (SSSR count). The molecule has 4 aromatic rings. The Morgan fingerprint density at radius 3 is 2.37 bits per heavy atom. The summed E-state index contributed by atoms with van der Waals surface area (Å²) >= 11 is 1.35. The Morgan fingerprint density at radius 1 is 0.860 bits per heavy atom. The summed E-state index contributed by atoms with van der Waals surface area (Å²) in [5.41, 5.74) is 2.26. The summed E-state index contributed by atoms with van der Waals surface area (Å²) < 4.78 is 10.9. The van der Waals surface area contributed by atoms with Gasteiger partial charge in [0.05, 0.1) is 24.7 Å². The Kier molecular flexibility index (Phi) is 11.0. The maximum atomic E-state index is 13.5. The van der Waals surface area contributed by atoms with Gasteiger partial charge in [-0.3, -0.25) is 14.4 Å². The molecule has 0 fully saturated rings. The molecule has 9 heteroatoms. The van der Waals surface area contributed by atoms with E-state index in [1.165, 1.54) is 11.8 Å². The predicted octanol–water partition coefficient (Wildman–Crippen LogP) is 6.62. The van der Waals surface area contributed by atoms with Crippen molar-refractivity contribution in [2.45, 2.75) is 24.0 Å². The quantitative estimate of drug-likeness (QED) is 0.126. The van der Waals surface area contributed by atoms with Crippen molar-refractivity contribution < 1.29 is 23.9 Å². The van der Waals surface area contributed by atoms with Crippen molar-refractivity contribution in [3.05, 3.63) is 120 Å². The fraction of sp³-hybridized carbons (Fsp3) is 0.147. The normalized spacial score (nSPS) is 11.7. The van der Waals surface area contributed by atoms with Crippen LogP contribution in [0.3, 0.4) is 0 Å². The zero-order valence-corrected chi connectivity index (χ0v) is 24.9. The van der Waals surface area contributed by atoms with Gasteiger partial charge in [-0.1, -0.05) is 48.5 Å². The van der Waals surface area contributed by atoms with Crippen LogP contribution in [0.2, 0.25) is 0 Å². The maximum Gasteiger partial charge on any atom is 0.272 e. The smallest absolute Gasteiger partial charge is 0.272 e. The van der Waals surface area contributed by atoms with Gasteiger partial charge >= 0.3 is 0 Å². The molecule has 0 aliphatic heterocycles. The molecule has 0 aromatic heterocycles. The molecule has 0 aliphatic rings. The largest absolute Gasteiger partial charge is 0.497 e. The van der Waals surface area contributed by atoms with Gasteiger partial charge in [0.15, 0.2) is 0 Å². The number of carbonyl (C=O) groups excluding carboxylic acids is 3. The van der Waals surface area contributed by atoms with E-state index >= 15 is 0 Å². The molecule has 3 amide bonds. The maximum absolute atomic E-state index is 13.5. The van der Waals surface area contributed by atoms with Gasteiger partial charge in [0.1, 0.15) is 17.2 Å². The van der Waals surface area contributed by atoms with E-state index in [2.05, 4.69) is 16.0 Å². The lowest BCUT2D eigenvalue weighted by Crippen LogP contribution is -2.30. The molecule has 3 N–H and O–H groups in total. The Bertz CT molecular complexity index is 1610. The van der Waals surface area contributed by atoms with E-state index in [-0.39, 0.29) is 11.6 Å². The number of hydrogen-bond acceptors (Lipinski definition) is 6. The molecule has 0 aliphatic carbocycles. The fourth-order valence-corrected chi connectivity index (χ4v) is 4.96. The third-order valence-electron chi connectivity index (χ3n) is 6.15. The molecule has 8 nitrogen and oxygen atoms in total. The van der Waals surface area contributed by atoms with Crippen molar-refractivity contribution in [3.8, 4) is 11.5 Å². The van der Waals surface area contributed by atoms with Crippen molar-refractivity contribution in [1.29, 1.82) is 0 Å². The summed E-state index contributed by atoms with van der Waals surface area (Å²) in [7, 11) is 1.56. The fourth-order valence-electron chi connectivity index (χ4n) is 4.03. The van der Waals surface area contributed by atoms with Gasteiger partial charge in [0.2, 0.25) is 5.91 Å². The standard InChI is InChI=1S/C34H33N3O5S/c1-4-42-31-19-9-8-18-29(31)36-32(38)23(2)43-28-17-11-15-26(22-28)35-34(40)30(21-24-12-10-16-27(20-24)41-3)37-33(39)25-13-6-5-7-14-25/h5-23H,4H2,1-3H3,(H,35,40)(H,36,38)(H,37,39)/b30-21-. The first-order valence-corrected chi connectivity index (χ1v) is 14.6. The van der Waals surface area contributed by atoms with Crippen LogP contribution in [-0.2, 0) is 9.59 Å². The molecule has 1 atom stereocenters. The van der Waals surface area contributed by atoms with Crippen molar-refractivity contribution in [2.75, 3.05) is 24.4 Å². The Hall–Kier alpha value is -5.02. The summed E-state index contributed by atoms with van der Waals surface area (Å²) in [6, 6.07) is 30.3. The number of para-hydroxylation sites is 2. The Balaban J connectivity index is 1.48. The average molecular weight is 596 g/mol. The van der Waals surface area contributed by atoms with Crippen molar-refractivity contribution in [1.82, 2.24) is 5.32 Å². The molecule has 0 saturated heterocycles. The molecule has 0 spiro atoms. The monoisotopic (exact) mass is 595 g/mol. The number of methoxy groups -OCH3 is 1. The Morgan fingerprint density at radius 2 is 1.60 bits per heavy atom. The predicted molar refractivity (Wildman–Crippen MR) is 172 cm³/mol. The molecule has 0 bridgehead atoms. The highest BCUT2D eigenvalue weighted by molar-refractivity contribution is 8.00. The van der Waals surface area contributed by atoms with Crippen LogP contribution < -0.4 is 25.4 Å². The molecule has 0 heterocycles. The van der Waals surface area contributed by atoms with E-state index < -0.39 is 17.1 Å². The number of rotatable bonds is 12. The van der Waals surface area contributed by atoms with Gasteiger partial charge < -0.3 is 25.4 Å². The molecule has 0 saturated carbocycles. The van der Waals surface area contributed by atoms with Crippen LogP contribution in [0.4, 0.5) is 11.4 Å². The molecular weight excluding hydrogens is 562 g/mol. The number of hydrogen-bond donors (Lipinski definition) is 3. The van der Waals surface area contributed by atoms with Gasteiger partial charge in [-0.25, -0.2) is 0 Å². The van der Waals surface area contributed by atoms with Crippen molar-refractivity contribution in [2.24, 2.45) is 0 Å². The van der Waals surface area contributed by atoms with E-state index in [1.807, 2.05) is 44.2 Å². The number of thioether (sulfide) groups is 1. The number of ether oxygens (including phenoxy) is 2. The third kappa shape index (κ3) is 8.98. The zero-order valence-electron chi connectivity index (χ0n) is 24.1. The Labute approximate surface area is 255 Å². The zero-order chi connectivity index (χ0) is 30.6. The molecule has 1 unspecified atom stereocenters. The van der Waals surface area contributed by atoms with Crippen LogP contribution in [-0.4, -0.2) is 36.7 Å². The topological polar surface area (TPSA) is 106 Å². The van der Waals surface area contributed by atoms with Crippen LogP contribution in [0.15, 0.2) is 114 Å². The van der Waals surface area contributed by atoms with Crippen LogP contribution in [0, 0.1) is 0 Å². The number of amides is 3. The lowest BCUT2D eigenvalue weighted by molar-refractivity contribution is -0.115. The third-order valence-corrected chi connectivity index (χ3v) is 7.25.